The molecule has 0 saturated carbocycles. The van der Waals surface area contributed by atoms with Crippen molar-refractivity contribution >= 4 is 28.6 Å². The monoisotopic (exact) mass is 698 g/mol. The van der Waals surface area contributed by atoms with Gasteiger partial charge in [-0.25, -0.2) is 0 Å². The molecule has 1 atom stereocenters. The molecule has 2 aliphatic rings. The second-order valence-corrected chi connectivity index (χ2v) is 13.7. The summed E-state index contributed by atoms with van der Waals surface area (Å²) >= 11 is 0. The Bertz CT molecular complexity index is 2000. The first-order chi connectivity index (χ1) is 25.4. The zero-order valence-corrected chi connectivity index (χ0v) is 29.8. The van der Waals surface area contributed by atoms with Gasteiger partial charge in [-0.1, -0.05) is 72.8 Å². The number of ether oxygens (including phenoxy) is 2. The lowest BCUT2D eigenvalue weighted by atomic mass is 9.90. The van der Waals surface area contributed by atoms with E-state index in [1.807, 2.05) is 17.0 Å². The molecule has 2 aliphatic heterocycles. The number of carbonyl (C=O) groups excluding carboxylic acids is 3. The fourth-order valence-electron chi connectivity index (χ4n) is 7.38. The molecule has 0 bridgehead atoms. The van der Waals surface area contributed by atoms with Crippen LogP contribution in [0.15, 0.2) is 103 Å². The van der Waals surface area contributed by atoms with E-state index < -0.39 is 0 Å². The van der Waals surface area contributed by atoms with Crippen LogP contribution >= 0.6 is 0 Å². The summed E-state index contributed by atoms with van der Waals surface area (Å²) < 4.78 is 14.3. The summed E-state index contributed by atoms with van der Waals surface area (Å²) in [4.78, 5) is 40.7. The van der Waals surface area contributed by atoms with E-state index in [1.165, 1.54) is 33.3 Å². The number of aryl methyl sites for hydroxylation is 1. The number of nitrogens with zero attached hydrogens (tertiary/aromatic N) is 3. The predicted molar refractivity (Wildman–Crippen MR) is 202 cm³/mol. The second kappa shape index (κ2) is 16.3. The Kier molecular flexibility index (Phi) is 11.0. The van der Waals surface area contributed by atoms with Crippen LogP contribution in [0.3, 0.4) is 0 Å². The topological polar surface area (TPSA) is 93.1 Å². The fraction of sp³-hybridized carbons (Fsp3) is 0.326. The molecule has 1 N–H and O–H groups in total. The van der Waals surface area contributed by atoms with Crippen molar-refractivity contribution in [2.45, 2.75) is 45.1 Å². The molecule has 1 unspecified atom stereocenters. The summed E-state index contributed by atoms with van der Waals surface area (Å²) in [6.45, 7) is 7.69. The van der Waals surface area contributed by atoms with Crippen molar-refractivity contribution in [3.63, 3.8) is 0 Å². The summed E-state index contributed by atoms with van der Waals surface area (Å²) in [5.41, 5.74) is 7.11. The summed E-state index contributed by atoms with van der Waals surface area (Å²) in [6.07, 6.45) is 2.84. The summed E-state index contributed by atoms with van der Waals surface area (Å²) in [6, 6.07) is 35.0. The molecule has 0 spiro atoms. The zero-order valence-electron chi connectivity index (χ0n) is 29.8. The normalized spacial score (nSPS) is 16.6. The van der Waals surface area contributed by atoms with Crippen LogP contribution in [-0.4, -0.2) is 78.0 Å². The van der Waals surface area contributed by atoms with Gasteiger partial charge >= 0.3 is 0 Å². The minimum atomic E-state index is -0.336. The molecule has 5 aromatic rings. The third-order valence-electron chi connectivity index (χ3n) is 10.3. The minimum absolute atomic E-state index is 0.0201. The summed E-state index contributed by atoms with van der Waals surface area (Å²) in [7, 11) is 0. The van der Waals surface area contributed by atoms with Crippen molar-refractivity contribution in [3.05, 3.63) is 120 Å². The number of hydrogen-bond acceptors (Lipinski definition) is 6. The van der Waals surface area contributed by atoms with Crippen molar-refractivity contribution in [2.24, 2.45) is 0 Å². The number of fused-ring (bicyclic) bond motifs is 1. The van der Waals surface area contributed by atoms with Crippen LogP contribution in [0.4, 0.5) is 0 Å². The number of carbonyl (C=O) groups is 3. The first-order valence-electron chi connectivity index (χ1n) is 18.3. The van der Waals surface area contributed by atoms with E-state index in [-0.39, 0.29) is 30.2 Å². The lowest BCUT2D eigenvalue weighted by molar-refractivity contribution is -0.135. The van der Waals surface area contributed by atoms with Gasteiger partial charge in [0, 0.05) is 50.0 Å². The quantitative estimate of drug-likeness (QED) is 0.111. The number of amides is 3. The van der Waals surface area contributed by atoms with Crippen LogP contribution in [-0.2, 0) is 20.9 Å². The van der Waals surface area contributed by atoms with Gasteiger partial charge in [-0.3, -0.25) is 24.6 Å². The molecule has 9 nitrogen and oxygen atoms in total. The average molecular weight is 699 g/mol. The number of nitrogens with one attached hydrogen (secondary N) is 1. The molecule has 0 aliphatic carbocycles. The van der Waals surface area contributed by atoms with E-state index in [1.54, 1.807) is 12.1 Å². The highest BCUT2D eigenvalue weighted by Crippen LogP contribution is 2.34. The van der Waals surface area contributed by atoms with Crippen molar-refractivity contribution in [1.29, 1.82) is 0 Å². The summed E-state index contributed by atoms with van der Waals surface area (Å²) in [5, 5.41) is 3.68. The van der Waals surface area contributed by atoms with Gasteiger partial charge in [0.05, 0.1) is 18.2 Å². The Labute approximate surface area is 305 Å². The minimum Gasteiger partial charge on any atom is -0.494 e. The Balaban J connectivity index is 0.806. The lowest BCUT2D eigenvalue weighted by Crippen LogP contribution is -2.50. The Morgan fingerprint density at radius 1 is 0.788 bits per heavy atom. The number of piperazine rings is 1. The maximum atomic E-state index is 12.8. The molecule has 2 saturated heterocycles. The summed E-state index contributed by atoms with van der Waals surface area (Å²) in [5.74, 6) is 0.619. The van der Waals surface area contributed by atoms with E-state index in [9.17, 15) is 14.4 Å². The molecule has 0 radical (unpaired) electrons. The highest BCUT2D eigenvalue weighted by Gasteiger charge is 2.28. The fourth-order valence-corrected chi connectivity index (χ4v) is 7.38. The molecule has 4 aromatic carbocycles. The smallest absolute Gasteiger partial charge is 0.260 e. The molecular weight excluding hydrogens is 652 g/mol. The Hall–Kier alpha value is -5.41. The molecule has 3 amide bonds. The standard InChI is InChI=1S/C43H46N4O5/c1-31-37-11-5-6-12-39(37)47(42(31)34-9-3-2-4-10-34)29-32-13-17-35(18-14-32)51-28-8-7-23-45-24-26-46(27-25-45)41(49)30-52-36-19-15-33(16-20-36)38-21-22-40(48)44-43(38)50/h2-6,9-20,38H,7-8,21-30H2,1H3,(H,44,48,50). The van der Waals surface area contributed by atoms with E-state index >= 15 is 0 Å². The van der Waals surface area contributed by atoms with E-state index in [4.69, 9.17) is 9.47 Å². The lowest BCUT2D eigenvalue weighted by Gasteiger charge is -2.34. The molecule has 52 heavy (non-hydrogen) atoms. The van der Waals surface area contributed by atoms with E-state index in [0.29, 0.717) is 38.3 Å². The average Bonchev–Trinajstić information content (AvgIpc) is 3.45. The van der Waals surface area contributed by atoms with Crippen LogP contribution in [0.2, 0.25) is 0 Å². The van der Waals surface area contributed by atoms with Gasteiger partial charge in [-0.05, 0) is 85.3 Å². The van der Waals surface area contributed by atoms with Crippen molar-refractivity contribution < 1.29 is 23.9 Å². The highest BCUT2D eigenvalue weighted by atomic mass is 16.5. The highest BCUT2D eigenvalue weighted by molar-refractivity contribution is 6.01. The van der Waals surface area contributed by atoms with Gasteiger partial charge in [-0.2, -0.15) is 0 Å². The molecule has 1 aromatic heterocycles. The first kappa shape index (κ1) is 35.0. The number of unbranched alkanes of at least 4 members (excludes halogenated alkanes) is 1. The second-order valence-electron chi connectivity index (χ2n) is 13.7. The third kappa shape index (κ3) is 8.21. The van der Waals surface area contributed by atoms with Crippen LogP contribution in [0.25, 0.3) is 22.2 Å². The Morgan fingerprint density at radius 3 is 2.23 bits per heavy atom. The van der Waals surface area contributed by atoms with Crippen LogP contribution in [0, 0.1) is 6.92 Å². The van der Waals surface area contributed by atoms with Crippen molar-refractivity contribution in [2.75, 3.05) is 45.9 Å². The first-order valence-corrected chi connectivity index (χ1v) is 18.3. The van der Waals surface area contributed by atoms with Gasteiger partial charge in [0.2, 0.25) is 11.8 Å². The maximum absolute atomic E-state index is 12.8. The number of rotatable bonds is 13. The maximum Gasteiger partial charge on any atom is 0.260 e. The van der Waals surface area contributed by atoms with Crippen LogP contribution < -0.4 is 14.8 Å². The van der Waals surface area contributed by atoms with Gasteiger partial charge < -0.3 is 18.9 Å². The molecule has 268 valence electrons. The number of imide groups is 1. The number of aromatic nitrogens is 1. The molecule has 7 rings (SSSR count). The molecule has 2 fully saturated rings. The van der Waals surface area contributed by atoms with E-state index in [2.05, 4.69) is 101 Å². The number of benzene rings is 4. The van der Waals surface area contributed by atoms with E-state index in [0.717, 1.165) is 50.3 Å². The molecular formula is C43H46N4O5. The molecule has 3 heterocycles. The molecule has 9 heteroatoms. The SMILES string of the molecule is Cc1c(-c2ccccc2)n(Cc2ccc(OCCCCN3CCN(C(=O)COc4ccc(C5CCC(=O)NC5=O)cc4)CC3)cc2)c2ccccc12. The van der Waals surface area contributed by atoms with Crippen molar-refractivity contribution in [3.8, 4) is 22.8 Å². The van der Waals surface area contributed by atoms with Gasteiger partial charge in [0.1, 0.15) is 11.5 Å². The van der Waals surface area contributed by atoms with Crippen LogP contribution in [0.5, 0.6) is 11.5 Å². The van der Waals surface area contributed by atoms with Gasteiger partial charge in [0.25, 0.3) is 5.91 Å². The zero-order chi connectivity index (χ0) is 35.9. The van der Waals surface area contributed by atoms with Gasteiger partial charge in [0.15, 0.2) is 6.61 Å². The van der Waals surface area contributed by atoms with Gasteiger partial charge in [-0.15, -0.1) is 0 Å². The van der Waals surface area contributed by atoms with Crippen LogP contribution in [0.1, 0.15) is 48.3 Å². The number of hydrogen-bond donors (Lipinski definition) is 1. The largest absolute Gasteiger partial charge is 0.494 e. The Morgan fingerprint density at radius 2 is 1.48 bits per heavy atom. The third-order valence-corrected chi connectivity index (χ3v) is 10.3. The number of para-hydroxylation sites is 1. The number of piperidine rings is 1. The predicted octanol–water partition coefficient (Wildman–Crippen LogP) is 6.57. The van der Waals surface area contributed by atoms with Crippen molar-refractivity contribution in [1.82, 2.24) is 19.7 Å².